The van der Waals surface area contributed by atoms with E-state index < -0.39 is 23.4 Å². The van der Waals surface area contributed by atoms with Crippen molar-refractivity contribution in [3.63, 3.8) is 0 Å². The van der Waals surface area contributed by atoms with Gasteiger partial charge in [0.05, 0.1) is 12.7 Å². The van der Waals surface area contributed by atoms with Crippen LogP contribution in [0.25, 0.3) is 0 Å². The van der Waals surface area contributed by atoms with Crippen LogP contribution in [0.15, 0.2) is 24.3 Å². The number of carbonyl (C=O) groups is 2. The van der Waals surface area contributed by atoms with Crippen LogP contribution in [0.5, 0.6) is 0 Å². The summed E-state index contributed by atoms with van der Waals surface area (Å²) >= 11 is 0. The largest absolute Gasteiger partial charge is 0.383 e. The van der Waals surface area contributed by atoms with Crippen molar-refractivity contribution in [2.45, 2.75) is 13.0 Å². The van der Waals surface area contributed by atoms with E-state index in [-0.39, 0.29) is 18.2 Å². The fourth-order valence-corrected chi connectivity index (χ4v) is 1.66. The van der Waals surface area contributed by atoms with Crippen molar-refractivity contribution in [2.24, 2.45) is 5.92 Å². The number of hydrogen-bond donors (Lipinski definition) is 1. The summed E-state index contributed by atoms with van der Waals surface area (Å²) in [7, 11) is 1.47. The van der Waals surface area contributed by atoms with Crippen molar-refractivity contribution in [2.75, 3.05) is 13.7 Å². The summed E-state index contributed by atoms with van der Waals surface area (Å²) in [4.78, 5) is 23.9. The number of nitrogens with one attached hydrogen (secondary N) is 1. The molecule has 0 saturated carbocycles. The van der Waals surface area contributed by atoms with Gasteiger partial charge in [-0.25, -0.2) is 4.39 Å². The number of nitrogens with zero attached hydrogens (tertiary/aromatic N) is 1. The molecule has 0 aliphatic heterocycles. The predicted octanol–water partition coefficient (Wildman–Crippen LogP) is 1.30. The number of Topliss-reactive ketones (excluding diaryl/α,β-unsaturated/α-hetero) is 1. The summed E-state index contributed by atoms with van der Waals surface area (Å²) in [6, 6.07) is 6.20. The monoisotopic (exact) mass is 278 g/mol. The molecule has 20 heavy (non-hydrogen) atoms. The second-order valence-electron chi connectivity index (χ2n) is 4.30. The number of amides is 1. The van der Waals surface area contributed by atoms with Crippen molar-refractivity contribution in [1.29, 1.82) is 5.26 Å². The maximum atomic E-state index is 13.1. The Morgan fingerprint density at radius 3 is 2.75 bits per heavy atom. The first-order valence-electron chi connectivity index (χ1n) is 5.98. The zero-order valence-corrected chi connectivity index (χ0v) is 11.2. The van der Waals surface area contributed by atoms with Gasteiger partial charge in [0.25, 0.3) is 0 Å². The lowest BCUT2D eigenvalue weighted by Crippen LogP contribution is -2.41. The highest BCUT2D eigenvalue weighted by Crippen LogP contribution is 2.11. The third kappa shape index (κ3) is 4.14. The Morgan fingerprint density at radius 1 is 1.50 bits per heavy atom. The molecule has 106 valence electrons. The van der Waals surface area contributed by atoms with Crippen LogP contribution in [0.2, 0.25) is 0 Å². The second kappa shape index (κ2) is 7.36. The third-order valence-corrected chi connectivity index (χ3v) is 2.57. The molecule has 1 N–H and O–H groups in total. The van der Waals surface area contributed by atoms with Gasteiger partial charge in [-0.3, -0.25) is 9.59 Å². The lowest BCUT2D eigenvalue weighted by Gasteiger charge is -2.15. The maximum Gasteiger partial charge on any atom is 0.245 e. The van der Waals surface area contributed by atoms with Gasteiger partial charge in [-0.1, -0.05) is 12.1 Å². The van der Waals surface area contributed by atoms with Crippen molar-refractivity contribution < 1.29 is 18.7 Å². The number of rotatable bonds is 6. The van der Waals surface area contributed by atoms with Gasteiger partial charge in [0.2, 0.25) is 5.91 Å². The standard InChI is InChI=1S/C14H15FN2O3/c1-9(8-20-2)17-14(19)12(7-16)13(18)10-4-3-5-11(15)6-10/h3-6,9,12H,8H2,1-2H3,(H,17,19)/t9-,12-/m0/s1. The molecule has 1 rings (SSSR count). The molecule has 2 atom stereocenters. The van der Waals surface area contributed by atoms with Crippen molar-refractivity contribution in [3.05, 3.63) is 35.6 Å². The number of ether oxygens (including phenoxy) is 1. The third-order valence-electron chi connectivity index (χ3n) is 2.57. The minimum atomic E-state index is -1.50. The van der Waals surface area contributed by atoms with Crippen LogP contribution in [0.1, 0.15) is 17.3 Å². The first-order chi connectivity index (χ1) is 9.49. The minimum Gasteiger partial charge on any atom is -0.383 e. The Hall–Kier alpha value is -2.26. The Bertz CT molecular complexity index is 539. The summed E-state index contributed by atoms with van der Waals surface area (Å²) in [5.41, 5.74) is -0.00825. The SMILES string of the molecule is COC[C@H](C)NC(=O)[C@@H](C#N)C(=O)c1cccc(F)c1. The predicted molar refractivity (Wildman–Crippen MR) is 69.3 cm³/mol. The van der Waals surface area contributed by atoms with Gasteiger partial charge >= 0.3 is 0 Å². The summed E-state index contributed by atoms with van der Waals surface area (Å²) in [5, 5.41) is 11.5. The van der Waals surface area contributed by atoms with E-state index in [1.165, 1.54) is 25.3 Å². The Kier molecular flexibility index (Phi) is 5.81. The van der Waals surface area contributed by atoms with E-state index >= 15 is 0 Å². The van der Waals surface area contributed by atoms with Crippen LogP contribution in [0, 0.1) is 23.1 Å². The summed E-state index contributed by atoms with van der Waals surface area (Å²) in [6.07, 6.45) is 0. The zero-order chi connectivity index (χ0) is 15.1. The number of benzene rings is 1. The molecule has 0 bridgehead atoms. The molecule has 0 heterocycles. The average Bonchev–Trinajstić information content (AvgIpc) is 2.39. The van der Waals surface area contributed by atoms with Crippen LogP contribution in [-0.4, -0.2) is 31.4 Å². The van der Waals surface area contributed by atoms with Gasteiger partial charge in [0, 0.05) is 18.7 Å². The molecule has 5 nitrogen and oxygen atoms in total. The van der Waals surface area contributed by atoms with E-state index in [4.69, 9.17) is 10.00 Å². The highest BCUT2D eigenvalue weighted by atomic mass is 19.1. The first kappa shape index (κ1) is 15.8. The molecule has 0 aliphatic rings. The van der Waals surface area contributed by atoms with Crippen molar-refractivity contribution in [1.82, 2.24) is 5.32 Å². The Labute approximate surface area is 116 Å². The Balaban J connectivity index is 2.83. The molecule has 0 unspecified atom stereocenters. The van der Waals surface area contributed by atoms with E-state index in [1.807, 2.05) is 0 Å². The normalized spacial score (nSPS) is 13.1. The number of halogens is 1. The lowest BCUT2D eigenvalue weighted by atomic mass is 9.97. The van der Waals surface area contributed by atoms with Crippen LogP contribution >= 0.6 is 0 Å². The topological polar surface area (TPSA) is 79.2 Å². The molecular weight excluding hydrogens is 263 g/mol. The molecule has 0 radical (unpaired) electrons. The smallest absolute Gasteiger partial charge is 0.245 e. The molecule has 1 aromatic carbocycles. The minimum absolute atomic E-state index is 0.00825. The van der Waals surface area contributed by atoms with E-state index in [9.17, 15) is 14.0 Å². The van der Waals surface area contributed by atoms with Gasteiger partial charge in [-0.2, -0.15) is 5.26 Å². The quantitative estimate of drug-likeness (QED) is 0.628. The molecule has 6 heteroatoms. The van der Waals surface area contributed by atoms with Gasteiger partial charge in [-0.15, -0.1) is 0 Å². The van der Waals surface area contributed by atoms with Gasteiger partial charge in [-0.05, 0) is 19.1 Å². The first-order valence-corrected chi connectivity index (χ1v) is 5.98. The summed E-state index contributed by atoms with van der Waals surface area (Å²) in [5.74, 6) is -3.54. The highest BCUT2D eigenvalue weighted by molar-refractivity contribution is 6.12. The zero-order valence-electron chi connectivity index (χ0n) is 11.2. The van der Waals surface area contributed by atoms with E-state index in [1.54, 1.807) is 13.0 Å². The molecular formula is C14H15FN2O3. The number of carbonyl (C=O) groups excluding carboxylic acids is 2. The fourth-order valence-electron chi connectivity index (χ4n) is 1.66. The number of methoxy groups -OCH3 is 1. The molecule has 1 amide bonds. The van der Waals surface area contributed by atoms with Crippen molar-refractivity contribution >= 4 is 11.7 Å². The molecule has 0 spiro atoms. The summed E-state index contributed by atoms with van der Waals surface area (Å²) in [6.45, 7) is 1.94. The van der Waals surface area contributed by atoms with Crippen LogP contribution in [0.4, 0.5) is 4.39 Å². The van der Waals surface area contributed by atoms with Crippen molar-refractivity contribution in [3.8, 4) is 6.07 Å². The van der Waals surface area contributed by atoms with E-state index in [0.29, 0.717) is 0 Å². The number of hydrogen-bond acceptors (Lipinski definition) is 4. The van der Waals surface area contributed by atoms with Crippen LogP contribution < -0.4 is 5.32 Å². The maximum absolute atomic E-state index is 13.1. The number of nitriles is 1. The Morgan fingerprint density at radius 2 is 2.20 bits per heavy atom. The lowest BCUT2D eigenvalue weighted by molar-refractivity contribution is -0.123. The van der Waals surface area contributed by atoms with Gasteiger partial charge in [0.15, 0.2) is 11.7 Å². The average molecular weight is 278 g/mol. The molecule has 0 fully saturated rings. The van der Waals surface area contributed by atoms with Gasteiger partial charge < -0.3 is 10.1 Å². The van der Waals surface area contributed by atoms with Crippen LogP contribution in [0.3, 0.4) is 0 Å². The molecule has 0 aromatic heterocycles. The molecule has 1 aromatic rings. The van der Waals surface area contributed by atoms with E-state index in [0.717, 1.165) is 6.07 Å². The second-order valence-corrected chi connectivity index (χ2v) is 4.30. The molecule has 0 aliphatic carbocycles. The van der Waals surface area contributed by atoms with Gasteiger partial charge in [0.1, 0.15) is 5.82 Å². The van der Waals surface area contributed by atoms with E-state index in [2.05, 4.69) is 5.32 Å². The van der Waals surface area contributed by atoms with Crippen LogP contribution in [-0.2, 0) is 9.53 Å². The highest BCUT2D eigenvalue weighted by Gasteiger charge is 2.28. The summed E-state index contributed by atoms with van der Waals surface area (Å²) < 4.78 is 17.9. The fraction of sp³-hybridized carbons (Fsp3) is 0.357. The molecule has 0 saturated heterocycles. The number of ketones is 1.